The molecule has 7 aromatic heterocycles. The van der Waals surface area contributed by atoms with E-state index in [0.29, 0.717) is 41.0 Å². The standard InChI is InChI=1S/C18H18N3.C15H20N3.C11H20N3.C10H18N3.C9H16N3.2C6H10N3.7CH3/c1-3-7-15(8-4-1)13-17-11-12-18-19-21(14-20(17)18)16-9-5-2-6-10-16;1-12(2)10-14-8-9-15-16-18(11-17(14)15)13-6-4-3-5-7-13;1-11(2,3)7-9-5-6-10-12-13(4)8-14(9)10;1-10(2,3)8-5-6-9-11-12(4)7-13(8)9;1-7(2)8-4-5-9-10-11(3)6-12(8)9;2*1-8-5-9-4-2-3-6(9)7-8;;;;;;;/h1-10,14,17H,11-13H2;3-7,11-12,14H,8-10H2,1-2H3;8-9H,5-7H2,1-4H3;7-8H,5-6H2,1-4H3;6-8H,4-5H2,1-3H3;2*5H,2-4H2,1H3;7*1H3/q7*+1;7*-1/t17-;14-;9-;2*8-;;;;;;;;;/m11111........./s1. The summed E-state index contributed by atoms with van der Waals surface area (Å²) in [4.78, 5) is 0. The zero-order valence-corrected chi connectivity index (χ0v) is 67.6. The van der Waals surface area contributed by atoms with Crippen molar-refractivity contribution in [1.82, 2.24) is 68.5 Å². The molecule has 17 rings (SSSR count). The Labute approximate surface area is 621 Å². The largest absolute Gasteiger partial charge is 0.358 e. The molecule has 0 amide bonds. The first-order valence-electron chi connectivity index (χ1n) is 35.8. The molecule has 0 radical (unpaired) electrons. The minimum atomic E-state index is 0. The van der Waals surface area contributed by atoms with E-state index >= 15 is 0 Å². The maximum Gasteiger partial charge on any atom is 0.278 e. The molecular formula is C82H133N21. The lowest BCUT2D eigenvalue weighted by Gasteiger charge is -2.24. The van der Waals surface area contributed by atoms with Crippen LogP contribution in [0.4, 0.5) is 0 Å². The van der Waals surface area contributed by atoms with Crippen LogP contribution in [-0.2, 0) is 99.7 Å². The van der Waals surface area contributed by atoms with Crippen LogP contribution >= 0.6 is 0 Å². The van der Waals surface area contributed by atoms with Crippen molar-refractivity contribution in [3.05, 3.63) is 234 Å². The van der Waals surface area contributed by atoms with Gasteiger partial charge >= 0.3 is 0 Å². The lowest BCUT2D eigenvalue weighted by Crippen LogP contribution is -2.43. The number of nitrogens with zero attached hydrogens (tertiary/aromatic N) is 21. The van der Waals surface area contributed by atoms with E-state index in [0.717, 1.165) is 87.7 Å². The molecule has 0 saturated heterocycles. The van der Waals surface area contributed by atoms with Gasteiger partial charge in [-0.1, -0.05) is 145 Å². The lowest BCUT2D eigenvalue weighted by molar-refractivity contribution is -0.729. The van der Waals surface area contributed by atoms with Gasteiger partial charge in [-0.2, -0.15) is 0 Å². The van der Waals surface area contributed by atoms with Crippen molar-refractivity contribution in [2.75, 3.05) is 0 Å². The molecule has 7 aliphatic rings. The van der Waals surface area contributed by atoms with Crippen LogP contribution in [0, 0.1) is 74.7 Å². The molecule has 21 heteroatoms. The Morgan fingerprint density at radius 3 is 1.21 bits per heavy atom. The minimum absolute atomic E-state index is 0. The molecule has 0 aliphatic carbocycles. The van der Waals surface area contributed by atoms with Gasteiger partial charge < -0.3 is 52.0 Å². The summed E-state index contributed by atoms with van der Waals surface area (Å²) in [5.41, 5.74) is 4.42. The molecule has 0 bridgehead atoms. The van der Waals surface area contributed by atoms with Crippen LogP contribution in [0.1, 0.15) is 204 Å². The van der Waals surface area contributed by atoms with Crippen molar-refractivity contribution in [2.24, 2.45) is 57.9 Å². The maximum atomic E-state index is 4.73. The number of rotatable bonds is 8. The van der Waals surface area contributed by atoms with Crippen LogP contribution in [0.2, 0.25) is 0 Å². The molecule has 0 unspecified atom stereocenters. The van der Waals surface area contributed by atoms with Gasteiger partial charge in [-0.3, -0.25) is 0 Å². The number of hydrogen-bond acceptors (Lipinski definition) is 7. The summed E-state index contributed by atoms with van der Waals surface area (Å²) in [6, 6.07) is 34.5. The smallest absolute Gasteiger partial charge is 0.278 e. The SMILES string of the molecule is CC(C)C[C@H]1CCc2nn(-c3ccccc3)c[n+]21.CC(C)[C@H]1CCc2nn(C)c[n+]21.Cn1c[n+]2c(n1)CCC2.Cn1c[n+]2c(n1)CCC2.Cn1c[n+]2c(n1)CC[C@@H]2C(C)(C)C.Cn1c[n+]2c(n1)CC[C@@H]2CC(C)(C)C.[CH3-].[CH3-].[CH3-].[CH3-].[CH3-].[CH3-].[CH3-].c1ccc(C[C@H]2CCc3nn(-c4ccccc4)c[n+]32)cc1. The summed E-state index contributed by atoms with van der Waals surface area (Å²) in [6.45, 7) is 25.3. The summed E-state index contributed by atoms with van der Waals surface area (Å²) < 4.78 is 29.6. The zero-order chi connectivity index (χ0) is 67.8. The number of aromatic nitrogens is 21. The van der Waals surface area contributed by atoms with Gasteiger partial charge in [-0.05, 0) is 110 Å². The van der Waals surface area contributed by atoms with E-state index in [-0.39, 0.29) is 52.0 Å². The first kappa shape index (κ1) is 87.0. The van der Waals surface area contributed by atoms with E-state index in [2.05, 4.69) is 225 Å². The molecule has 0 fully saturated rings. The highest BCUT2D eigenvalue weighted by Gasteiger charge is 2.39. The summed E-state index contributed by atoms with van der Waals surface area (Å²) in [5, 5.41) is 31.3. The first-order valence-corrected chi connectivity index (χ1v) is 35.8. The van der Waals surface area contributed by atoms with Gasteiger partial charge in [-0.15, -0.1) is 23.4 Å². The number of para-hydroxylation sites is 2. The zero-order valence-electron chi connectivity index (χ0n) is 67.6. The number of aryl methyl sites for hydroxylation is 14. The summed E-state index contributed by atoms with van der Waals surface area (Å²) in [7, 11) is 9.91. The van der Waals surface area contributed by atoms with Crippen LogP contribution in [-0.4, -0.2) is 68.5 Å². The Morgan fingerprint density at radius 1 is 0.388 bits per heavy atom. The number of benzene rings is 3. The second-order valence-electron chi connectivity index (χ2n) is 30.7. The molecule has 10 aromatic rings. The van der Waals surface area contributed by atoms with Gasteiger partial charge in [0.1, 0.15) is 11.4 Å². The Bertz CT molecular complexity index is 3990. The maximum absolute atomic E-state index is 4.73. The van der Waals surface area contributed by atoms with Crippen molar-refractivity contribution in [1.29, 1.82) is 0 Å². The Morgan fingerprint density at radius 2 is 0.757 bits per heavy atom. The third-order valence-corrected chi connectivity index (χ3v) is 19.5. The highest BCUT2D eigenvalue weighted by molar-refractivity contribution is 5.30. The molecule has 14 heterocycles. The summed E-state index contributed by atoms with van der Waals surface area (Å²) in [5.74, 6) is 10.1. The molecule has 7 aliphatic heterocycles. The van der Waals surface area contributed by atoms with Crippen molar-refractivity contribution >= 4 is 0 Å². The van der Waals surface area contributed by atoms with Crippen LogP contribution in [0.5, 0.6) is 0 Å². The minimum Gasteiger partial charge on any atom is -0.358 e. The van der Waals surface area contributed by atoms with Gasteiger partial charge in [0.05, 0.1) is 78.5 Å². The van der Waals surface area contributed by atoms with Gasteiger partial charge in [-0.25, -0.2) is 32.0 Å². The monoisotopic (exact) mass is 1410 g/mol. The highest BCUT2D eigenvalue weighted by atomic mass is 15.4. The van der Waals surface area contributed by atoms with Gasteiger partial charge in [0, 0.05) is 87.1 Å². The van der Waals surface area contributed by atoms with Crippen LogP contribution in [0.15, 0.2) is 135 Å². The third-order valence-electron chi connectivity index (χ3n) is 19.5. The molecule has 5 atom stereocenters. The quantitative estimate of drug-likeness (QED) is 0.108. The van der Waals surface area contributed by atoms with Crippen molar-refractivity contribution in [2.45, 2.75) is 222 Å². The topological polar surface area (TPSA) is 152 Å². The molecular weight excluding hydrogens is 1280 g/mol. The predicted molar refractivity (Wildman–Crippen MR) is 411 cm³/mol. The van der Waals surface area contributed by atoms with E-state index in [1.165, 1.54) is 104 Å². The molecule has 0 N–H and O–H groups in total. The van der Waals surface area contributed by atoms with E-state index in [4.69, 9.17) is 10.2 Å². The molecule has 0 saturated carbocycles. The van der Waals surface area contributed by atoms with E-state index in [1.807, 2.05) is 105 Å². The average Bonchev–Trinajstić information content (AvgIpc) is 1.56. The average molecular weight is 1410 g/mol. The molecule has 21 nitrogen and oxygen atoms in total. The van der Waals surface area contributed by atoms with E-state index in [9.17, 15) is 0 Å². The van der Waals surface area contributed by atoms with Crippen LogP contribution < -0.4 is 32.0 Å². The molecule has 566 valence electrons. The fourth-order valence-electron chi connectivity index (χ4n) is 15.1. The van der Waals surface area contributed by atoms with E-state index < -0.39 is 0 Å². The van der Waals surface area contributed by atoms with Gasteiger partial charge in [0.2, 0.25) is 44.3 Å². The Kier molecular flexibility index (Phi) is 32.5. The lowest BCUT2D eigenvalue weighted by atomic mass is 9.85. The molecule has 103 heavy (non-hydrogen) atoms. The highest BCUT2D eigenvalue weighted by Crippen LogP contribution is 2.34. The fourth-order valence-corrected chi connectivity index (χ4v) is 15.1. The Hall–Kier alpha value is -8.36. The molecule has 3 aromatic carbocycles. The van der Waals surface area contributed by atoms with E-state index in [1.54, 1.807) is 0 Å². The Balaban J connectivity index is 0.000000256. The normalized spacial score (nSPS) is 17.7. The van der Waals surface area contributed by atoms with Gasteiger partial charge in [0.15, 0.2) is 0 Å². The second kappa shape index (κ2) is 38.4. The van der Waals surface area contributed by atoms with Crippen molar-refractivity contribution in [3.63, 3.8) is 0 Å². The number of fused-ring (bicyclic) bond motifs is 7. The fraction of sp³-hybridized carbons (Fsp3) is 0.524. The van der Waals surface area contributed by atoms with Crippen LogP contribution in [0.25, 0.3) is 11.4 Å². The molecule has 0 spiro atoms. The van der Waals surface area contributed by atoms with Crippen molar-refractivity contribution < 1.29 is 32.0 Å². The predicted octanol–water partition coefficient (Wildman–Crippen LogP) is 11.8. The summed E-state index contributed by atoms with van der Waals surface area (Å²) >= 11 is 0. The second-order valence-corrected chi connectivity index (χ2v) is 30.7. The summed E-state index contributed by atoms with van der Waals surface area (Å²) in [6.07, 6.45) is 34.9. The first-order chi connectivity index (χ1) is 46.0. The number of hydrogen-bond donors (Lipinski definition) is 0. The van der Waals surface area contributed by atoms with Crippen molar-refractivity contribution in [3.8, 4) is 11.4 Å². The van der Waals surface area contributed by atoms with Crippen LogP contribution in [0.3, 0.4) is 0 Å². The van der Waals surface area contributed by atoms with Gasteiger partial charge in [0.25, 0.3) is 40.8 Å². The third kappa shape index (κ3) is 22.3.